The highest BCUT2D eigenvalue weighted by atomic mass is 16.5. The summed E-state index contributed by atoms with van der Waals surface area (Å²) in [5.41, 5.74) is 2.21. The number of carbonyl (C=O) groups excluding carboxylic acids is 1. The van der Waals surface area contributed by atoms with Gasteiger partial charge in [0.15, 0.2) is 0 Å². The van der Waals surface area contributed by atoms with Crippen molar-refractivity contribution in [1.82, 2.24) is 25.3 Å². The average Bonchev–Trinajstić information content (AvgIpc) is 2.66. The molecule has 1 amide bonds. The number of hydrogen-bond acceptors (Lipinski definition) is 6. The summed E-state index contributed by atoms with van der Waals surface area (Å²) in [6.45, 7) is 5.53. The van der Waals surface area contributed by atoms with E-state index < -0.39 is 0 Å². The molecule has 3 aromatic heterocycles. The molecule has 0 spiro atoms. The Morgan fingerprint density at radius 2 is 2.00 bits per heavy atom. The van der Waals surface area contributed by atoms with Crippen molar-refractivity contribution in [1.29, 1.82) is 0 Å². The predicted octanol–water partition coefficient (Wildman–Crippen LogP) is 2.14. The minimum Gasteiger partial charge on any atom is -0.437 e. The number of hydrogen-bond donors (Lipinski definition) is 2. The van der Waals surface area contributed by atoms with Crippen molar-refractivity contribution in [2.45, 2.75) is 33.7 Å². The van der Waals surface area contributed by atoms with Gasteiger partial charge in [-0.25, -0.2) is 9.97 Å². The number of aromatic nitrogens is 4. The second kappa shape index (κ2) is 8.43. The second-order valence-corrected chi connectivity index (χ2v) is 6.37. The third-order valence-corrected chi connectivity index (χ3v) is 4.10. The van der Waals surface area contributed by atoms with Gasteiger partial charge in [-0.05, 0) is 39.0 Å². The van der Waals surface area contributed by atoms with Crippen LogP contribution >= 0.6 is 0 Å². The van der Waals surface area contributed by atoms with E-state index in [4.69, 9.17) is 4.74 Å². The van der Waals surface area contributed by atoms with Crippen LogP contribution in [0.2, 0.25) is 0 Å². The van der Waals surface area contributed by atoms with Crippen molar-refractivity contribution in [3.05, 3.63) is 75.4 Å². The first-order valence-corrected chi connectivity index (χ1v) is 8.80. The SMILES string of the molecule is Cc1ccc(Oc2ncccc2CNC(=O)Cc2c(C)nc(C)[nH]c2=O)cn1. The number of pyridine rings is 2. The number of ether oxygens (including phenoxy) is 1. The van der Waals surface area contributed by atoms with Crippen LogP contribution in [0.3, 0.4) is 0 Å². The molecule has 0 fully saturated rings. The van der Waals surface area contributed by atoms with Crippen molar-refractivity contribution in [3.8, 4) is 11.6 Å². The van der Waals surface area contributed by atoms with Crippen LogP contribution in [0.25, 0.3) is 0 Å². The molecule has 0 saturated heterocycles. The topological polar surface area (TPSA) is 110 Å². The fraction of sp³-hybridized carbons (Fsp3) is 0.250. The number of nitrogens with one attached hydrogen (secondary N) is 2. The molecule has 3 heterocycles. The summed E-state index contributed by atoms with van der Waals surface area (Å²) in [7, 11) is 0. The van der Waals surface area contributed by atoms with Crippen molar-refractivity contribution >= 4 is 5.91 Å². The molecule has 3 aromatic rings. The maximum absolute atomic E-state index is 12.3. The van der Waals surface area contributed by atoms with Gasteiger partial charge in [0, 0.05) is 35.3 Å². The average molecular weight is 379 g/mol. The van der Waals surface area contributed by atoms with Gasteiger partial charge in [-0.15, -0.1) is 0 Å². The summed E-state index contributed by atoms with van der Waals surface area (Å²) in [5, 5.41) is 2.80. The zero-order chi connectivity index (χ0) is 20.1. The zero-order valence-electron chi connectivity index (χ0n) is 15.9. The predicted molar refractivity (Wildman–Crippen MR) is 103 cm³/mol. The Kier molecular flexibility index (Phi) is 5.78. The van der Waals surface area contributed by atoms with E-state index in [0.29, 0.717) is 34.3 Å². The zero-order valence-corrected chi connectivity index (χ0v) is 15.9. The van der Waals surface area contributed by atoms with Crippen LogP contribution in [-0.4, -0.2) is 25.8 Å². The molecule has 3 rings (SSSR count). The van der Waals surface area contributed by atoms with Gasteiger partial charge in [-0.3, -0.25) is 14.6 Å². The Balaban J connectivity index is 1.67. The quantitative estimate of drug-likeness (QED) is 0.679. The third kappa shape index (κ3) is 4.79. The minimum atomic E-state index is -0.294. The first-order chi connectivity index (χ1) is 13.4. The molecule has 0 aliphatic heterocycles. The van der Waals surface area contributed by atoms with Crippen molar-refractivity contribution in [2.75, 3.05) is 0 Å². The fourth-order valence-electron chi connectivity index (χ4n) is 2.65. The largest absolute Gasteiger partial charge is 0.437 e. The molecule has 2 N–H and O–H groups in total. The van der Waals surface area contributed by atoms with E-state index in [1.165, 1.54) is 0 Å². The Morgan fingerprint density at radius 1 is 1.18 bits per heavy atom. The van der Waals surface area contributed by atoms with Crippen LogP contribution in [0.5, 0.6) is 11.6 Å². The molecule has 0 aliphatic rings. The maximum atomic E-state index is 12.3. The molecule has 0 unspecified atom stereocenters. The lowest BCUT2D eigenvalue weighted by Gasteiger charge is -2.11. The van der Waals surface area contributed by atoms with Crippen molar-refractivity contribution in [2.24, 2.45) is 0 Å². The van der Waals surface area contributed by atoms with Gasteiger partial charge in [-0.2, -0.15) is 0 Å². The number of aromatic amines is 1. The third-order valence-electron chi connectivity index (χ3n) is 4.10. The van der Waals surface area contributed by atoms with E-state index in [0.717, 1.165) is 5.69 Å². The number of H-pyrrole nitrogens is 1. The van der Waals surface area contributed by atoms with E-state index in [1.807, 2.05) is 19.1 Å². The van der Waals surface area contributed by atoms with Crippen LogP contribution in [-0.2, 0) is 17.8 Å². The van der Waals surface area contributed by atoms with Gasteiger partial charge in [0.05, 0.1) is 12.6 Å². The minimum absolute atomic E-state index is 0.0488. The van der Waals surface area contributed by atoms with Crippen LogP contribution in [0.15, 0.2) is 41.5 Å². The van der Waals surface area contributed by atoms with Crippen LogP contribution in [0, 0.1) is 20.8 Å². The number of aryl methyl sites for hydroxylation is 3. The summed E-state index contributed by atoms with van der Waals surface area (Å²) in [5.74, 6) is 1.18. The molecule has 8 nitrogen and oxygen atoms in total. The molecule has 144 valence electrons. The molecule has 28 heavy (non-hydrogen) atoms. The highest BCUT2D eigenvalue weighted by Crippen LogP contribution is 2.22. The van der Waals surface area contributed by atoms with Crippen LogP contribution in [0.1, 0.15) is 28.3 Å². The summed E-state index contributed by atoms with van der Waals surface area (Å²) < 4.78 is 5.78. The van der Waals surface area contributed by atoms with Gasteiger partial charge < -0.3 is 15.0 Å². The summed E-state index contributed by atoms with van der Waals surface area (Å²) in [6, 6.07) is 7.23. The Labute approximate surface area is 162 Å². The van der Waals surface area contributed by atoms with Crippen molar-refractivity contribution in [3.63, 3.8) is 0 Å². The van der Waals surface area contributed by atoms with Crippen LogP contribution < -0.4 is 15.6 Å². The summed E-state index contributed by atoms with van der Waals surface area (Å²) in [6.07, 6.45) is 3.18. The number of nitrogens with zero attached hydrogens (tertiary/aromatic N) is 3. The standard InChI is InChI=1S/C20H21N5O3/c1-12-6-7-16(11-22-12)28-20-15(5-4-8-21-20)10-23-18(26)9-17-13(2)24-14(3)25-19(17)27/h4-8,11H,9-10H2,1-3H3,(H,23,26)(H,24,25,27). The Hall–Kier alpha value is -3.55. The van der Waals surface area contributed by atoms with E-state index in [9.17, 15) is 9.59 Å². The Morgan fingerprint density at radius 3 is 2.71 bits per heavy atom. The lowest BCUT2D eigenvalue weighted by Crippen LogP contribution is -2.29. The van der Waals surface area contributed by atoms with Crippen molar-refractivity contribution < 1.29 is 9.53 Å². The molecule has 0 atom stereocenters. The molecule has 0 aromatic carbocycles. The summed E-state index contributed by atoms with van der Waals surface area (Å²) >= 11 is 0. The molecule has 0 aliphatic carbocycles. The molecule has 8 heteroatoms. The normalized spacial score (nSPS) is 10.5. The molecule has 0 saturated carbocycles. The molecular formula is C20H21N5O3. The molecule has 0 bridgehead atoms. The second-order valence-electron chi connectivity index (χ2n) is 6.37. The first kappa shape index (κ1) is 19.2. The van der Waals surface area contributed by atoms with Gasteiger partial charge >= 0.3 is 0 Å². The monoisotopic (exact) mass is 379 g/mol. The van der Waals surface area contributed by atoms with Gasteiger partial charge in [0.1, 0.15) is 11.6 Å². The highest BCUT2D eigenvalue weighted by molar-refractivity contribution is 5.78. The highest BCUT2D eigenvalue weighted by Gasteiger charge is 2.13. The lowest BCUT2D eigenvalue weighted by atomic mass is 10.1. The number of carbonyl (C=O) groups is 1. The fourth-order valence-corrected chi connectivity index (χ4v) is 2.65. The number of amides is 1. The van der Waals surface area contributed by atoms with E-state index in [1.54, 1.807) is 38.4 Å². The van der Waals surface area contributed by atoms with E-state index in [2.05, 4.69) is 25.3 Å². The summed E-state index contributed by atoms with van der Waals surface area (Å²) in [4.78, 5) is 39.6. The maximum Gasteiger partial charge on any atom is 0.254 e. The lowest BCUT2D eigenvalue weighted by molar-refractivity contribution is -0.120. The van der Waals surface area contributed by atoms with Gasteiger partial charge in [-0.1, -0.05) is 6.07 Å². The Bertz CT molecular complexity index is 1040. The smallest absolute Gasteiger partial charge is 0.254 e. The molecular weight excluding hydrogens is 358 g/mol. The van der Waals surface area contributed by atoms with E-state index >= 15 is 0 Å². The van der Waals surface area contributed by atoms with Gasteiger partial charge in [0.25, 0.3) is 5.56 Å². The first-order valence-electron chi connectivity index (χ1n) is 8.80. The number of rotatable bonds is 6. The van der Waals surface area contributed by atoms with E-state index in [-0.39, 0.29) is 24.4 Å². The molecule has 0 radical (unpaired) electrons. The van der Waals surface area contributed by atoms with Gasteiger partial charge in [0.2, 0.25) is 11.8 Å². The van der Waals surface area contributed by atoms with Crippen LogP contribution in [0.4, 0.5) is 0 Å².